The maximum Gasteiger partial charge on any atom is 0.122 e. The van der Waals surface area contributed by atoms with Crippen LogP contribution >= 0.6 is 0 Å². The summed E-state index contributed by atoms with van der Waals surface area (Å²) in [6.45, 7) is 6.68. The first kappa shape index (κ1) is 23.2. The summed E-state index contributed by atoms with van der Waals surface area (Å²) in [4.78, 5) is 0. The first-order valence-electron chi connectivity index (χ1n) is 12.6. The molecule has 0 aliphatic rings. The van der Waals surface area contributed by atoms with E-state index in [4.69, 9.17) is 8.83 Å². The van der Waals surface area contributed by atoms with Crippen molar-refractivity contribution in [3.8, 4) is 22.3 Å². The van der Waals surface area contributed by atoms with E-state index >= 15 is 0 Å². The van der Waals surface area contributed by atoms with Gasteiger partial charge in [0.2, 0.25) is 0 Å². The third kappa shape index (κ3) is 5.33. The molecule has 0 unspecified atom stereocenters. The second-order valence-electron chi connectivity index (χ2n) is 8.88. The van der Waals surface area contributed by atoms with Gasteiger partial charge in [0.05, 0.1) is 5.92 Å². The summed E-state index contributed by atoms with van der Waals surface area (Å²) >= 11 is 0. The Morgan fingerprint density at radius 1 is 0.606 bits per heavy atom. The molecular weight excluding hydrogens is 404 g/mol. The zero-order valence-corrected chi connectivity index (χ0v) is 20.3. The lowest BCUT2D eigenvalue weighted by Gasteiger charge is -2.15. The van der Waals surface area contributed by atoms with Gasteiger partial charge in [0, 0.05) is 24.0 Å². The summed E-state index contributed by atoms with van der Waals surface area (Å²) < 4.78 is 13.2. The number of rotatable bonds is 11. The largest absolute Gasteiger partial charge is 0.465 e. The fraction of sp³-hybridized carbons (Fsp3) is 0.355. The lowest BCUT2D eigenvalue weighted by molar-refractivity contribution is 0.390. The standard InChI is InChI=1S/C31H36O2/c1-4-7-19-25-21-28(23-15-11-9-12-16-23)30(32-25)27(6-3)31-29(24-17-13-10-14-18-24)22-26(33-31)20-8-5-2/h9-18,21-22,27H,4-8,19-20H2,1-3H3. The molecular formula is C31H36O2. The molecule has 4 rings (SSSR count). The van der Waals surface area contributed by atoms with Gasteiger partial charge in [0.1, 0.15) is 23.0 Å². The Morgan fingerprint density at radius 2 is 1.03 bits per heavy atom. The summed E-state index contributed by atoms with van der Waals surface area (Å²) in [6, 6.07) is 25.8. The number of furan rings is 2. The lowest BCUT2D eigenvalue weighted by Crippen LogP contribution is -2.01. The SMILES string of the molecule is CCCCc1cc(-c2ccccc2)c(C(CC)c2oc(CCCC)cc2-c2ccccc2)o1. The Hall–Kier alpha value is -3.00. The van der Waals surface area contributed by atoms with Gasteiger partial charge in [0.15, 0.2) is 0 Å². The zero-order chi connectivity index (χ0) is 23.0. The molecule has 0 aliphatic heterocycles. The smallest absolute Gasteiger partial charge is 0.122 e. The van der Waals surface area contributed by atoms with Gasteiger partial charge in [-0.1, -0.05) is 94.3 Å². The molecule has 4 aromatic rings. The second kappa shape index (κ2) is 11.2. The van der Waals surface area contributed by atoms with Crippen molar-refractivity contribution >= 4 is 0 Å². The molecule has 0 aliphatic carbocycles. The first-order chi connectivity index (χ1) is 16.2. The molecule has 2 heterocycles. The van der Waals surface area contributed by atoms with Crippen LogP contribution in [0.25, 0.3) is 22.3 Å². The van der Waals surface area contributed by atoms with Crippen LogP contribution in [0.2, 0.25) is 0 Å². The Labute approximate surface area is 198 Å². The molecule has 0 bridgehead atoms. The quantitative estimate of drug-likeness (QED) is 0.232. The highest BCUT2D eigenvalue weighted by Crippen LogP contribution is 2.43. The van der Waals surface area contributed by atoms with Gasteiger partial charge < -0.3 is 8.83 Å². The van der Waals surface area contributed by atoms with Crippen LogP contribution in [0.3, 0.4) is 0 Å². The number of hydrogen-bond donors (Lipinski definition) is 0. The molecule has 2 aromatic carbocycles. The van der Waals surface area contributed by atoms with Crippen molar-refractivity contribution in [2.45, 2.75) is 71.6 Å². The fourth-order valence-corrected chi connectivity index (χ4v) is 4.56. The minimum atomic E-state index is 0.0705. The average molecular weight is 441 g/mol. The summed E-state index contributed by atoms with van der Waals surface area (Å²) in [5, 5.41) is 0. The van der Waals surface area contributed by atoms with Gasteiger partial charge in [-0.05, 0) is 42.5 Å². The van der Waals surface area contributed by atoms with Crippen LogP contribution in [0.4, 0.5) is 0 Å². The zero-order valence-electron chi connectivity index (χ0n) is 20.3. The normalized spacial score (nSPS) is 11.4. The van der Waals surface area contributed by atoms with Crippen LogP contribution in [-0.4, -0.2) is 0 Å². The first-order valence-corrected chi connectivity index (χ1v) is 12.6. The van der Waals surface area contributed by atoms with Crippen molar-refractivity contribution in [2.75, 3.05) is 0 Å². The molecule has 0 spiro atoms. The highest BCUT2D eigenvalue weighted by Gasteiger charge is 2.28. The van der Waals surface area contributed by atoms with Crippen LogP contribution in [-0.2, 0) is 12.8 Å². The average Bonchev–Trinajstić information content (AvgIpc) is 3.48. The molecule has 33 heavy (non-hydrogen) atoms. The maximum atomic E-state index is 6.60. The molecule has 0 atom stereocenters. The molecule has 2 nitrogen and oxygen atoms in total. The summed E-state index contributed by atoms with van der Waals surface area (Å²) in [5.41, 5.74) is 4.80. The lowest BCUT2D eigenvalue weighted by atomic mass is 9.90. The molecule has 0 fully saturated rings. The van der Waals surface area contributed by atoms with Crippen LogP contribution in [0.5, 0.6) is 0 Å². The van der Waals surface area contributed by atoms with Gasteiger partial charge in [-0.2, -0.15) is 0 Å². The number of hydrogen-bond acceptors (Lipinski definition) is 2. The van der Waals surface area contributed by atoms with E-state index in [1.54, 1.807) is 0 Å². The van der Waals surface area contributed by atoms with E-state index in [9.17, 15) is 0 Å². The minimum Gasteiger partial charge on any atom is -0.465 e. The second-order valence-corrected chi connectivity index (χ2v) is 8.88. The Bertz CT molecular complexity index is 1030. The van der Waals surface area contributed by atoms with E-state index in [1.807, 2.05) is 0 Å². The van der Waals surface area contributed by atoms with Gasteiger partial charge in [0.25, 0.3) is 0 Å². The van der Waals surface area contributed by atoms with E-state index in [1.165, 1.54) is 22.3 Å². The van der Waals surface area contributed by atoms with Crippen LogP contribution in [0, 0.1) is 0 Å². The summed E-state index contributed by atoms with van der Waals surface area (Å²) in [7, 11) is 0. The molecule has 2 heteroatoms. The van der Waals surface area contributed by atoms with Crippen molar-refractivity contribution in [1.82, 2.24) is 0 Å². The molecule has 2 aromatic heterocycles. The van der Waals surface area contributed by atoms with Crippen molar-refractivity contribution in [3.63, 3.8) is 0 Å². The molecule has 0 N–H and O–H groups in total. The van der Waals surface area contributed by atoms with Gasteiger partial charge in [-0.3, -0.25) is 0 Å². The van der Waals surface area contributed by atoms with Crippen LogP contribution in [0.1, 0.15) is 81.8 Å². The highest BCUT2D eigenvalue weighted by atomic mass is 16.4. The summed E-state index contributed by atoms with van der Waals surface area (Å²) in [6.07, 6.45) is 7.44. The molecule has 172 valence electrons. The maximum absolute atomic E-state index is 6.60. The molecule has 0 radical (unpaired) electrons. The van der Waals surface area contributed by atoms with E-state index in [0.29, 0.717) is 0 Å². The molecule has 0 saturated carbocycles. The Balaban J connectivity index is 1.83. The topological polar surface area (TPSA) is 26.3 Å². The number of unbranched alkanes of at least 4 members (excludes halogenated alkanes) is 2. The van der Waals surface area contributed by atoms with Gasteiger partial charge in [-0.25, -0.2) is 0 Å². The van der Waals surface area contributed by atoms with E-state index in [-0.39, 0.29) is 5.92 Å². The fourth-order valence-electron chi connectivity index (χ4n) is 4.56. The number of aryl methyl sites for hydroxylation is 2. The van der Waals surface area contributed by atoms with E-state index < -0.39 is 0 Å². The predicted molar refractivity (Wildman–Crippen MR) is 138 cm³/mol. The Morgan fingerprint density at radius 3 is 1.39 bits per heavy atom. The van der Waals surface area contributed by atoms with Crippen molar-refractivity contribution in [1.29, 1.82) is 0 Å². The van der Waals surface area contributed by atoms with Crippen molar-refractivity contribution in [2.24, 2.45) is 0 Å². The minimum absolute atomic E-state index is 0.0705. The third-order valence-corrected chi connectivity index (χ3v) is 6.39. The van der Waals surface area contributed by atoms with E-state index in [2.05, 4.69) is 93.6 Å². The highest BCUT2D eigenvalue weighted by molar-refractivity contribution is 5.71. The summed E-state index contributed by atoms with van der Waals surface area (Å²) in [5.74, 6) is 4.28. The van der Waals surface area contributed by atoms with Gasteiger partial charge in [-0.15, -0.1) is 0 Å². The van der Waals surface area contributed by atoms with Crippen LogP contribution < -0.4 is 0 Å². The van der Waals surface area contributed by atoms with E-state index in [0.717, 1.165) is 68.0 Å². The Kier molecular flexibility index (Phi) is 7.88. The van der Waals surface area contributed by atoms with Crippen molar-refractivity contribution in [3.05, 3.63) is 95.8 Å². The van der Waals surface area contributed by atoms with Gasteiger partial charge >= 0.3 is 0 Å². The van der Waals surface area contributed by atoms with Crippen molar-refractivity contribution < 1.29 is 8.83 Å². The monoisotopic (exact) mass is 440 g/mol. The third-order valence-electron chi connectivity index (χ3n) is 6.39. The van der Waals surface area contributed by atoms with Crippen LogP contribution in [0.15, 0.2) is 81.6 Å². The molecule has 0 saturated heterocycles. The molecule has 0 amide bonds. The number of benzene rings is 2. The predicted octanol–water partition coefficient (Wildman–Crippen LogP) is 9.43.